The van der Waals surface area contributed by atoms with Gasteiger partial charge in [-0.15, -0.1) is 0 Å². The van der Waals surface area contributed by atoms with E-state index in [1.807, 2.05) is 0 Å². The van der Waals surface area contributed by atoms with Crippen LogP contribution in [0, 0.1) is 0 Å². The molecule has 0 aliphatic heterocycles. The Morgan fingerprint density at radius 2 is 1.60 bits per heavy atom. The van der Waals surface area contributed by atoms with Crippen molar-refractivity contribution in [3.05, 3.63) is 0 Å². The van der Waals surface area contributed by atoms with Crippen LogP contribution < -0.4 is 0 Å². The fraction of sp³-hybridized carbons (Fsp3) is 0. The second-order valence-electron chi connectivity index (χ2n) is 0.186. The van der Waals surface area contributed by atoms with E-state index in [4.69, 9.17) is 0 Å². The molecule has 0 radical (unpaired) electrons. The van der Waals surface area contributed by atoms with Crippen molar-refractivity contribution >= 4 is 12.3 Å². The van der Waals surface area contributed by atoms with E-state index in [2.05, 4.69) is 39.2 Å². The monoisotopic (exact) mass is 176 g/mol. The number of hydrogen-bond acceptors (Lipinski definition) is 3. The van der Waals surface area contributed by atoms with Crippen LogP contribution in [-0.2, 0) is 39.2 Å². The van der Waals surface area contributed by atoms with Crippen molar-refractivity contribution in [3.8, 4) is 0 Å². The first-order valence-electron chi connectivity index (χ1n) is 0.622. The first-order chi connectivity index (χ1) is 2.41. The number of rotatable bonds is 2. The molecule has 5 heteroatoms. The Labute approximate surface area is 51.7 Å². The molecule has 0 amide bonds. The van der Waals surface area contributed by atoms with Crippen molar-refractivity contribution in [1.82, 2.24) is 0 Å². The zero-order chi connectivity index (χ0) is 4.12. The van der Waals surface area contributed by atoms with Crippen molar-refractivity contribution in [3.63, 3.8) is 0 Å². The van der Waals surface area contributed by atoms with Gasteiger partial charge in [-0.05, 0) is 0 Å². The maximum absolute atomic E-state index is 4.07. The normalized spacial score (nSPS) is 8.40. The minimum absolute atomic E-state index is 0.741. The molecule has 0 atom stereocenters. The Morgan fingerprint density at radius 1 is 1.20 bits per heavy atom. The zero-order valence-electron chi connectivity index (χ0n) is 1.93. The molecule has 0 unspecified atom stereocenters. The molecule has 0 saturated carbocycles. The molecular formula is Fe2O2S. The summed E-state index contributed by atoms with van der Waals surface area (Å²) in [6.45, 7) is 0. The summed E-state index contributed by atoms with van der Waals surface area (Å²) in [5, 5.41) is 0. The van der Waals surface area contributed by atoms with Crippen LogP contribution >= 0.6 is 12.3 Å². The second kappa shape index (κ2) is 5.31. The third-order valence-corrected chi connectivity index (χ3v) is 0.595. The molecule has 5 heavy (non-hydrogen) atoms. The molecule has 0 rings (SSSR count). The SMILES string of the molecule is [Fe][O]S[O][Fe]. The molecule has 0 spiro atoms. The van der Waals surface area contributed by atoms with Crippen LogP contribution in [0.15, 0.2) is 0 Å². The van der Waals surface area contributed by atoms with Crippen LogP contribution in [-0.4, -0.2) is 0 Å². The van der Waals surface area contributed by atoms with E-state index in [9.17, 15) is 0 Å². The van der Waals surface area contributed by atoms with Gasteiger partial charge in [0.05, 0.1) is 0 Å². The van der Waals surface area contributed by atoms with E-state index in [1.54, 1.807) is 0 Å². The van der Waals surface area contributed by atoms with Crippen LogP contribution in [0.4, 0.5) is 0 Å². The average molecular weight is 176 g/mol. The van der Waals surface area contributed by atoms with E-state index in [-0.39, 0.29) is 0 Å². The molecule has 0 fully saturated rings. The van der Waals surface area contributed by atoms with Gasteiger partial charge in [-0.1, -0.05) is 0 Å². The van der Waals surface area contributed by atoms with Crippen LogP contribution in [0.5, 0.6) is 0 Å². The summed E-state index contributed by atoms with van der Waals surface area (Å²) in [5.74, 6) is 0. The van der Waals surface area contributed by atoms with Crippen molar-refractivity contribution < 1.29 is 39.2 Å². The summed E-state index contributed by atoms with van der Waals surface area (Å²) in [4.78, 5) is 0. The third kappa shape index (κ3) is 5.31. The summed E-state index contributed by atoms with van der Waals surface area (Å²) >= 11 is 6.69. The van der Waals surface area contributed by atoms with Crippen LogP contribution in [0.2, 0.25) is 0 Å². The van der Waals surface area contributed by atoms with Crippen molar-refractivity contribution in [2.24, 2.45) is 0 Å². The van der Waals surface area contributed by atoms with Crippen molar-refractivity contribution in [2.45, 2.75) is 0 Å². The minimum atomic E-state index is 0.741. The van der Waals surface area contributed by atoms with E-state index in [1.165, 1.54) is 0 Å². The first-order valence-corrected chi connectivity index (χ1v) is 2.19. The Morgan fingerprint density at radius 3 is 1.60 bits per heavy atom. The molecule has 0 aromatic rings. The fourth-order valence-corrected chi connectivity index (χ4v) is 0.434. The molecule has 0 aromatic heterocycles. The summed E-state index contributed by atoms with van der Waals surface area (Å²) in [5.41, 5.74) is 0. The number of hydrogen-bond donors (Lipinski definition) is 0. The van der Waals surface area contributed by atoms with Gasteiger partial charge in [-0.25, -0.2) is 0 Å². The van der Waals surface area contributed by atoms with Crippen molar-refractivity contribution in [1.29, 1.82) is 0 Å². The van der Waals surface area contributed by atoms with Gasteiger partial charge in [0, 0.05) is 0 Å². The topological polar surface area (TPSA) is 18.5 Å². The zero-order valence-corrected chi connectivity index (χ0v) is 4.96. The first kappa shape index (κ1) is 6.31. The van der Waals surface area contributed by atoms with Gasteiger partial charge in [0.1, 0.15) is 0 Å². The standard InChI is InChI=1S/2Fe.H2O2S/c;;1-3-2/h;;1-2H/q2*+1;/p-2. The van der Waals surface area contributed by atoms with Gasteiger partial charge >= 0.3 is 51.5 Å². The van der Waals surface area contributed by atoms with Gasteiger partial charge in [-0.2, -0.15) is 0 Å². The van der Waals surface area contributed by atoms with E-state index in [0.717, 1.165) is 12.3 Å². The quantitative estimate of drug-likeness (QED) is 0.450. The van der Waals surface area contributed by atoms with Crippen LogP contribution in [0.3, 0.4) is 0 Å². The van der Waals surface area contributed by atoms with Crippen LogP contribution in [0.1, 0.15) is 0 Å². The molecule has 0 heterocycles. The molecule has 2 nitrogen and oxygen atoms in total. The van der Waals surface area contributed by atoms with Gasteiger partial charge in [0.15, 0.2) is 0 Å². The van der Waals surface area contributed by atoms with E-state index >= 15 is 0 Å². The summed E-state index contributed by atoms with van der Waals surface area (Å²) in [7, 11) is 0. The summed E-state index contributed by atoms with van der Waals surface area (Å²) in [6, 6.07) is 0. The second-order valence-corrected chi connectivity index (χ2v) is 1.66. The average Bonchev–Trinajstić information content (AvgIpc) is 1.41. The molecule has 0 saturated heterocycles. The Bertz CT molecular complexity index is 15.1. The molecule has 0 aromatic carbocycles. The van der Waals surface area contributed by atoms with Gasteiger partial charge in [0.2, 0.25) is 0 Å². The Balaban J connectivity index is 2.19. The molecule has 0 aliphatic rings. The van der Waals surface area contributed by atoms with Crippen LogP contribution in [0.25, 0.3) is 0 Å². The molecule has 0 aliphatic carbocycles. The maximum atomic E-state index is 4.07. The predicted molar refractivity (Wildman–Crippen MR) is 9.76 cm³/mol. The predicted octanol–water partition coefficient (Wildman–Crippen LogP) is 0.506. The summed E-state index contributed by atoms with van der Waals surface area (Å²) in [6.07, 6.45) is 0. The third-order valence-electron chi connectivity index (χ3n) is 0.0481. The molecular weight excluding hydrogens is 176 g/mol. The van der Waals surface area contributed by atoms with E-state index < -0.39 is 0 Å². The molecule has 0 N–H and O–H groups in total. The van der Waals surface area contributed by atoms with Crippen molar-refractivity contribution in [2.75, 3.05) is 0 Å². The molecule has 34 valence electrons. The van der Waals surface area contributed by atoms with Gasteiger partial charge in [0.25, 0.3) is 0 Å². The Hall–Kier alpha value is 1.31. The molecule has 0 bridgehead atoms. The fourth-order valence-electron chi connectivity index (χ4n) is 0.00851. The van der Waals surface area contributed by atoms with Gasteiger partial charge in [-0.3, -0.25) is 0 Å². The van der Waals surface area contributed by atoms with Gasteiger partial charge < -0.3 is 0 Å². The Kier molecular flexibility index (Phi) is 6.70. The van der Waals surface area contributed by atoms with E-state index in [0.29, 0.717) is 0 Å². The summed E-state index contributed by atoms with van der Waals surface area (Å²) < 4.78 is 8.15.